The van der Waals surface area contributed by atoms with Crippen molar-refractivity contribution in [3.8, 4) is 0 Å². The number of rotatable bonds is 6. The van der Waals surface area contributed by atoms with Crippen molar-refractivity contribution in [3.05, 3.63) is 51.2 Å². The molecule has 1 saturated heterocycles. The Balaban J connectivity index is 0.00000256. The van der Waals surface area contributed by atoms with Gasteiger partial charge in [-0.15, -0.1) is 17.5 Å². The molecule has 0 aromatic carbocycles. The van der Waals surface area contributed by atoms with E-state index in [4.69, 9.17) is 11.6 Å². The lowest BCUT2D eigenvalue weighted by atomic mass is 10.0. The summed E-state index contributed by atoms with van der Waals surface area (Å²) in [7, 11) is 0. The zero-order chi connectivity index (χ0) is 20.5. The number of anilines is 1. The number of ketones is 1. The fourth-order valence-corrected chi connectivity index (χ4v) is 4.94. The van der Waals surface area contributed by atoms with E-state index in [1.165, 1.54) is 15.9 Å². The number of nitrogens with zero attached hydrogens (tertiary/aromatic N) is 5. The van der Waals surface area contributed by atoms with E-state index in [1.807, 2.05) is 36.9 Å². The van der Waals surface area contributed by atoms with Crippen LogP contribution in [0.3, 0.4) is 0 Å². The minimum Gasteiger partial charge on any atom is -0.337 e. The summed E-state index contributed by atoms with van der Waals surface area (Å²) in [5, 5.41) is 5.19. The van der Waals surface area contributed by atoms with Crippen LogP contribution in [0.15, 0.2) is 29.2 Å². The van der Waals surface area contributed by atoms with Crippen LogP contribution in [0.1, 0.15) is 50.4 Å². The first-order valence-electron chi connectivity index (χ1n) is 9.74. The molecule has 0 spiro atoms. The highest BCUT2D eigenvalue weighted by Gasteiger charge is 2.33. The van der Waals surface area contributed by atoms with Crippen molar-refractivity contribution in [2.75, 3.05) is 11.4 Å². The minimum absolute atomic E-state index is 0. The van der Waals surface area contributed by atoms with Crippen LogP contribution in [-0.2, 0) is 11.2 Å². The van der Waals surface area contributed by atoms with E-state index in [1.54, 1.807) is 6.20 Å². The third-order valence-electron chi connectivity index (χ3n) is 5.14. The molecule has 0 aliphatic carbocycles. The van der Waals surface area contributed by atoms with Gasteiger partial charge in [0.1, 0.15) is 5.02 Å². The molecule has 0 bridgehead atoms. The Morgan fingerprint density at radius 2 is 2.17 bits per heavy atom. The molecular weight excluding hydrogens is 445 g/mol. The molecule has 1 aliphatic rings. The molecule has 0 amide bonds. The van der Waals surface area contributed by atoms with Crippen LogP contribution >= 0.6 is 35.3 Å². The number of halogens is 2. The van der Waals surface area contributed by atoms with Gasteiger partial charge in [-0.3, -0.25) is 14.6 Å². The number of carbonyl (C=O) groups excluding carboxylic acids is 1. The second-order valence-electron chi connectivity index (χ2n) is 7.49. The van der Waals surface area contributed by atoms with Gasteiger partial charge in [0.05, 0.1) is 11.7 Å². The summed E-state index contributed by atoms with van der Waals surface area (Å²) in [5.74, 6) is 0.215. The molecule has 1 aliphatic heterocycles. The Morgan fingerprint density at radius 3 is 2.87 bits per heavy atom. The highest BCUT2D eigenvalue weighted by molar-refractivity contribution is 7.20. The van der Waals surface area contributed by atoms with Crippen LogP contribution in [-0.4, -0.2) is 38.0 Å². The first-order valence-corrected chi connectivity index (χ1v) is 10.9. The first kappa shape index (κ1) is 22.7. The Morgan fingerprint density at radius 1 is 1.37 bits per heavy atom. The standard InChI is InChI=1S/C20H22ClN5O2S.ClH/c1-12(2)17-16(21)18(28)26-19(23-17)29-20(24-26)25-11-5-7-14(25)15(27)9-8-13-6-3-4-10-22-13;/h3-4,6,10,12,14H,5,7-9,11H2,1-2H3;1H/t14-;/m1./s1. The SMILES string of the molecule is CC(C)c1nc2sc(N3CCC[C@@H]3C(=O)CCc3ccccn3)nn2c(=O)c1Cl.Cl. The molecule has 1 atom stereocenters. The molecule has 160 valence electrons. The number of carbonyl (C=O) groups is 1. The summed E-state index contributed by atoms with van der Waals surface area (Å²) in [6.07, 6.45) is 4.50. The summed E-state index contributed by atoms with van der Waals surface area (Å²) < 4.78 is 1.25. The molecule has 3 aromatic heterocycles. The van der Waals surface area contributed by atoms with Crippen molar-refractivity contribution in [2.24, 2.45) is 0 Å². The number of Topliss-reactive ketones (excluding diaryl/α,β-unsaturated/α-hetero) is 1. The molecule has 7 nitrogen and oxygen atoms in total. The Labute approximate surface area is 189 Å². The summed E-state index contributed by atoms with van der Waals surface area (Å²) in [6, 6.07) is 5.50. The second-order valence-corrected chi connectivity index (χ2v) is 8.80. The Hall–Kier alpha value is -2.03. The van der Waals surface area contributed by atoms with Gasteiger partial charge in [-0.25, -0.2) is 4.98 Å². The minimum atomic E-state index is -0.361. The quantitative estimate of drug-likeness (QED) is 0.546. The smallest absolute Gasteiger partial charge is 0.294 e. The van der Waals surface area contributed by atoms with E-state index in [0.29, 0.717) is 28.6 Å². The first-order chi connectivity index (χ1) is 14.0. The van der Waals surface area contributed by atoms with Crippen LogP contribution in [0.2, 0.25) is 5.02 Å². The highest BCUT2D eigenvalue weighted by atomic mass is 35.5. The summed E-state index contributed by atoms with van der Waals surface area (Å²) in [4.78, 5) is 36.8. The summed E-state index contributed by atoms with van der Waals surface area (Å²) in [6.45, 7) is 4.63. The van der Waals surface area contributed by atoms with Crippen LogP contribution in [0.4, 0.5) is 5.13 Å². The van der Waals surface area contributed by atoms with Crippen LogP contribution in [0.5, 0.6) is 0 Å². The number of pyridine rings is 1. The third kappa shape index (κ3) is 4.36. The topological polar surface area (TPSA) is 80.5 Å². The molecule has 3 aromatic rings. The fraction of sp³-hybridized carbons (Fsp3) is 0.450. The lowest BCUT2D eigenvalue weighted by molar-refractivity contribution is -0.120. The predicted octanol–water partition coefficient (Wildman–Crippen LogP) is 3.92. The zero-order valence-electron chi connectivity index (χ0n) is 16.7. The Bertz CT molecular complexity index is 1100. The van der Waals surface area contributed by atoms with E-state index in [9.17, 15) is 9.59 Å². The molecule has 0 saturated carbocycles. The van der Waals surface area contributed by atoms with Gasteiger partial charge in [0.2, 0.25) is 10.1 Å². The highest BCUT2D eigenvalue weighted by Crippen LogP contribution is 2.31. The summed E-state index contributed by atoms with van der Waals surface area (Å²) >= 11 is 7.54. The van der Waals surface area contributed by atoms with Gasteiger partial charge in [0.15, 0.2) is 5.78 Å². The van der Waals surface area contributed by atoms with Gasteiger partial charge >= 0.3 is 0 Å². The van der Waals surface area contributed by atoms with Gasteiger partial charge < -0.3 is 4.90 Å². The number of hydrogen-bond donors (Lipinski definition) is 0. The maximum absolute atomic E-state index is 12.9. The fourth-order valence-electron chi connectivity index (χ4n) is 3.62. The van der Waals surface area contributed by atoms with Crippen molar-refractivity contribution in [2.45, 2.75) is 51.5 Å². The molecule has 0 N–H and O–H groups in total. The van der Waals surface area contributed by atoms with Crippen molar-refractivity contribution in [1.82, 2.24) is 19.6 Å². The van der Waals surface area contributed by atoms with E-state index < -0.39 is 0 Å². The zero-order valence-corrected chi connectivity index (χ0v) is 19.1. The van der Waals surface area contributed by atoms with Crippen molar-refractivity contribution in [1.29, 1.82) is 0 Å². The van der Waals surface area contributed by atoms with E-state index in [2.05, 4.69) is 15.1 Å². The lowest BCUT2D eigenvalue weighted by Gasteiger charge is -2.22. The largest absolute Gasteiger partial charge is 0.337 e. The van der Waals surface area contributed by atoms with Crippen LogP contribution in [0, 0.1) is 0 Å². The number of fused-ring (bicyclic) bond motifs is 1. The number of aryl methyl sites for hydroxylation is 1. The van der Waals surface area contributed by atoms with Crippen LogP contribution < -0.4 is 10.5 Å². The maximum atomic E-state index is 12.9. The molecule has 1 fully saturated rings. The van der Waals surface area contributed by atoms with Crippen molar-refractivity contribution < 1.29 is 4.79 Å². The van der Waals surface area contributed by atoms with Gasteiger partial charge in [0.25, 0.3) is 5.56 Å². The monoisotopic (exact) mass is 467 g/mol. The lowest BCUT2D eigenvalue weighted by Crippen LogP contribution is -2.36. The molecule has 4 rings (SSSR count). The number of aromatic nitrogens is 4. The molecule has 0 radical (unpaired) electrons. The van der Waals surface area contributed by atoms with E-state index >= 15 is 0 Å². The molecule has 4 heterocycles. The van der Waals surface area contributed by atoms with Crippen molar-refractivity contribution >= 4 is 51.2 Å². The van der Waals surface area contributed by atoms with Crippen LogP contribution in [0.25, 0.3) is 4.96 Å². The maximum Gasteiger partial charge on any atom is 0.294 e. The van der Waals surface area contributed by atoms with Gasteiger partial charge in [-0.2, -0.15) is 4.52 Å². The predicted molar refractivity (Wildman–Crippen MR) is 121 cm³/mol. The average molecular weight is 468 g/mol. The average Bonchev–Trinajstić information content (AvgIpc) is 3.36. The van der Waals surface area contributed by atoms with Crippen molar-refractivity contribution in [3.63, 3.8) is 0 Å². The molecule has 10 heteroatoms. The Kier molecular flexibility index (Phi) is 7.10. The second kappa shape index (κ2) is 9.41. The normalized spacial score (nSPS) is 16.3. The molecule has 30 heavy (non-hydrogen) atoms. The summed E-state index contributed by atoms with van der Waals surface area (Å²) in [5.41, 5.74) is 1.13. The van der Waals surface area contributed by atoms with Gasteiger partial charge in [0, 0.05) is 24.9 Å². The van der Waals surface area contributed by atoms with Gasteiger partial charge in [-0.1, -0.05) is 42.9 Å². The van der Waals surface area contributed by atoms with E-state index in [0.717, 1.165) is 25.1 Å². The van der Waals surface area contributed by atoms with Gasteiger partial charge in [-0.05, 0) is 37.3 Å². The van der Waals surface area contributed by atoms with E-state index in [-0.39, 0.29) is 40.7 Å². The molecular formula is C20H23Cl2N5O2S. The number of hydrogen-bond acceptors (Lipinski definition) is 7. The molecule has 0 unspecified atom stereocenters. The third-order valence-corrected chi connectivity index (χ3v) is 6.44.